The van der Waals surface area contributed by atoms with Crippen molar-refractivity contribution in [3.05, 3.63) is 35.9 Å². The van der Waals surface area contributed by atoms with Gasteiger partial charge in [0.25, 0.3) is 0 Å². The van der Waals surface area contributed by atoms with E-state index in [0.29, 0.717) is 13.1 Å². The highest BCUT2D eigenvalue weighted by Gasteiger charge is 2.66. The maximum atomic E-state index is 12.6. The van der Waals surface area contributed by atoms with E-state index in [1.807, 2.05) is 36.9 Å². The Bertz CT molecular complexity index is 592. The monoisotopic (exact) mass is 316 g/mol. The largest absolute Gasteiger partial charge is 0.481 e. The first kappa shape index (κ1) is 16.0. The summed E-state index contributed by atoms with van der Waals surface area (Å²) in [5.41, 5.74) is 0.867. The van der Waals surface area contributed by atoms with E-state index in [0.717, 1.165) is 19.6 Å². The van der Waals surface area contributed by atoms with Crippen LogP contribution >= 0.6 is 0 Å². The van der Waals surface area contributed by atoms with Gasteiger partial charge in [0.05, 0.1) is 11.8 Å². The molecule has 1 aromatic rings. The van der Waals surface area contributed by atoms with Crippen LogP contribution in [-0.2, 0) is 16.1 Å². The lowest BCUT2D eigenvalue weighted by atomic mass is 10.1. The van der Waals surface area contributed by atoms with Crippen LogP contribution in [0.4, 0.5) is 0 Å². The molecule has 23 heavy (non-hydrogen) atoms. The van der Waals surface area contributed by atoms with E-state index in [2.05, 4.69) is 17.0 Å². The summed E-state index contributed by atoms with van der Waals surface area (Å²) in [6.45, 7) is 7.70. The molecule has 1 saturated carbocycles. The van der Waals surface area contributed by atoms with Crippen molar-refractivity contribution in [2.75, 3.05) is 26.2 Å². The highest BCUT2D eigenvalue weighted by Crippen LogP contribution is 2.59. The number of hydrogen-bond acceptors (Lipinski definition) is 3. The molecular weight excluding hydrogens is 292 g/mol. The van der Waals surface area contributed by atoms with Gasteiger partial charge in [-0.3, -0.25) is 14.5 Å². The highest BCUT2D eigenvalue weighted by molar-refractivity contribution is 5.91. The molecule has 1 aliphatic heterocycles. The van der Waals surface area contributed by atoms with Gasteiger partial charge in [0, 0.05) is 32.7 Å². The van der Waals surface area contributed by atoms with Gasteiger partial charge in [-0.2, -0.15) is 0 Å². The third kappa shape index (κ3) is 3.11. The number of hydrogen-bond donors (Lipinski definition) is 1. The summed E-state index contributed by atoms with van der Waals surface area (Å²) in [5.74, 6) is -1.73. The van der Waals surface area contributed by atoms with Crippen LogP contribution in [-0.4, -0.2) is 53.0 Å². The summed E-state index contributed by atoms with van der Waals surface area (Å²) in [6, 6.07) is 10.3. The fourth-order valence-electron chi connectivity index (χ4n) is 3.72. The second-order valence-electron chi connectivity index (χ2n) is 7.20. The smallest absolute Gasteiger partial charge is 0.307 e. The Balaban J connectivity index is 1.53. The molecule has 1 heterocycles. The Hall–Kier alpha value is -1.88. The van der Waals surface area contributed by atoms with E-state index >= 15 is 0 Å². The van der Waals surface area contributed by atoms with Gasteiger partial charge in [-0.1, -0.05) is 44.2 Å². The van der Waals surface area contributed by atoms with Crippen molar-refractivity contribution < 1.29 is 14.7 Å². The molecule has 1 aromatic carbocycles. The SMILES string of the molecule is CC1(C)[C@H](C(=O)O)[C@H]1C(=O)N1CCN(Cc2ccccc2)CC1. The fourth-order valence-corrected chi connectivity index (χ4v) is 3.72. The molecule has 2 aliphatic rings. The summed E-state index contributed by atoms with van der Waals surface area (Å²) in [5, 5.41) is 9.23. The zero-order valence-electron chi connectivity index (χ0n) is 13.7. The van der Waals surface area contributed by atoms with Gasteiger partial charge in [-0.25, -0.2) is 0 Å². The number of carboxylic acid groups (broad SMARTS) is 1. The molecule has 5 nitrogen and oxygen atoms in total. The molecule has 1 amide bonds. The molecule has 5 heteroatoms. The number of carbonyl (C=O) groups excluding carboxylic acids is 1. The van der Waals surface area contributed by atoms with Crippen molar-refractivity contribution in [2.24, 2.45) is 17.3 Å². The quantitative estimate of drug-likeness (QED) is 0.918. The van der Waals surface area contributed by atoms with Crippen molar-refractivity contribution in [1.82, 2.24) is 9.80 Å². The van der Waals surface area contributed by atoms with Gasteiger partial charge in [-0.05, 0) is 11.0 Å². The second kappa shape index (κ2) is 5.96. The minimum Gasteiger partial charge on any atom is -0.481 e. The zero-order chi connectivity index (χ0) is 16.6. The van der Waals surface area contributed by atoms with E-state index in [9.17, 15) is 14.7 Å². The summed E-state index contributed by atoms with van der Waals surface area (Å²) in [7, 11) is 0. The standard InChI is InChI=1S/C18H24N2O3/c1-18(2)14(15(18)17(22)23)16(21)20-10-8-19(9-11-20)12-13-6-4-3-5-7-13/h3-7,14-15H,8-12H2,1-2H3,(H,22,23)/t14-,15-/m0/s1. The molecule has 2 atom stereocenters. The molecule has 1 aliphatic carbocycles. The van der Waals surface area contributed by atoms with Gasteiger partial charge in [0.2, 0.25) is 5.91 Å². The number of aliphatic carboxylic acids is 1. The van der Waals surface area contributed by atoms with Gasteiger partial charge < -0.3 is 10.0 Å². The zero-order valence-corrected chi connectivity index (χ0v) is 13.7. The van der Waals surface area contributed by atoms with E-state index in [1.54, 1.807) is 0 Å². The van der Waals surface area contributed by atoms with E-state index in [-0.39, 0.29) is 11.8 Å². The van der Waals surface area contributed by atoms with Crippen LogP contribution in [0, 0.1) is 17.3 Å². The average Bonchev–Trinajstić information content (AvgIpc) is 3.11. The third-order valence-electron chi connectivity index (χ3n) is 5.29. The molecule has 1 N–H and O–H groups in total. The summed E-state index contributed by atoms with van der Waals surface area (Å²) in [4.78, 5) is 28.0. The van der Waals surface area contributed by atoms with Crippen LogP contribution in [0.2, 0.25) is 0 Å². The number of carbonyl (C=O) groups is 2. The van der Waals surface area contributed by atoms with Crippen LogP contribution in [0.1, 0.15) is 19.4 Å². The summed E-state index contributed by atoms with van der Waals surface area (Å²) >= 11 is 0. The summed E-state index contributed by atoms with van der Waals surface area (Å²) < 4.78 is 0. The molecular formula is C18H24N2O3. The van der Waals surface area contributed by atoms with Gasteiger partial charge in [-0.15, -0.1) is 0 Å². The maximum Gasteiger partial charge on any atom is 0.307 e. The van der Waals surface area contributed by atoms with Gasteiger partial charge in [0.1, 0.15) is 0 Å². The topological polar surface area (TPSA) is 60.9 Å². The van der Waals surface area contributed by atoms with Crippen LogP contribution in [0.5, 0.6) is 0 Å². The molecule has 2 fully saturated rings. The van der Waals surface area contributed by atoms with Gasteiger partial charge >= 0.3 is 5.97 Å². The number of nitrogens with zero attached hydrogens (tertiary/aromatic N) is 2. The van der Waals surface area contributed by atoms with Crippen molar-refractivity contribution in [2.45, 2.75) is 20.4 Å². The fraction of sp³-hybridized carbons (Fsp3) is 0.556. The first-order valence-corrected chi connectivity index (χ1v) is 8.19. The minimum absolute atomic E-state index is 0.0155. The first-order chi connectivity index (χ1) is 10.9. The molecule has 1 saturated heterocycles. The van der Waals surface area contributed by atoms with E-state index in [1.165, 1.54) is 5.56 Å². The molecule has 0 bridgehead atoms. The van der Waals surface area contributed by atoms with Crippen LogP contribution in [0.25, 0.3) is 0 Å². The molecule has 124 valence electrons. The van der Waals surface area contributed by atoms with Crippen molar-refractivity contribution in [3.63, 3.8) is 0 Å². The lowest BCUT2D eigenvalue weighted by Gasteiger charge is -2.35. The van der Waals surface area contributed by atoms with Crippen LogP contribution in [0.15, 0.2) is 30.3 Å². The van der Waals surface area contributed by atoms with Crippen molar-refractivity contribution in [3.8, 4) is 0 Å². The summed E-state index contributed by atoms with van der Waals surface area (Å²) in [6.07, 6.45) is 0. The maximum absolute atomic E-state index is 12.6. The molecule has 0 unspecified atom stereocenters. The molecule has 0 spiro atoms. The number of rotatable bonds is 4. The lowest BCUT2D eigenvalue weighted by molar-refractivity contribution is -0.142. The Morgan fingerprint density at radius 2 is 1.70 bits per heavy atom. The average molecular weight is 316 g/mol. The van der Waals surface area contributed by atoms with Crippen molar-refractivity contribution >= 4 is 11.9 Å². The predicted octanol–water partition coefficient (Wildman–Crippen LogP) is 1.69. The number of piperazine rings is 1. The molecule has 3 rings (SSSR count). The van der Waals surface area contributed by atoms with Crippen molar-refractivity contribution in [1.29, 1.82) is 0 Å². The normalized spacial score (nSPS) is 26.8. The Kier molecular flexibility index (Phi) is 4.15. The minimum atomic E-state index is -0.851. The predicted molar refractivity (Wildman–Crippen MR) is 86.7 cm³/mol. The second-order valence-corrected chi connectivity index (χ2v) is 7.20. The highest BCUT2D eigenvalue weighted by atomic mass is 16.4. The third-order valence-corrected chi connectivity index (χ3v) is 5.29. The van der Waals surface area contributed by atoms with E-state index in [4.69, 9.17) is 0 Å². The van der Waals surface area contributed by atoms with E-state index < -0.39 is 17.3 Å². The Labute approximate surface area is 136 Å². The van der Waals surface area contributed by atoms with Gasteiger partial charge in [0.15, 0.2) is 0 Å². The Morgan fingerprint density at radius 1 is 1.09 bits per heavy atom. The Morgan fingerprint density at radius 3 is 2.22 bits per heavy atom. The molecule has 0 radical (unpaired) electrons. The number of benzene rings is 1. The lowest BCUT2D eigenvalue weighted by Crippen LogP contribution is -2.49. The van der Waals surface area contributed by atoms with Crippen LogP contribution < -0.4 is 0 Å². The first-order valence-electron chi connectivity index (χ1n) is 8.19. The number of amides is 1. The van der Waals surface area contributed by atoms with Crippen LogP contribution in [0.3, 0.4) is 0 Å². The molecule has 0 aromatic heterocycles. The number of carboxylic acids is 1.